The van der Waals surface area contributed by atoms with Crippen LogP contribution >= 0.6 is 0 Å². The molecule has 0 aromatic heterocycles. The minimum atomic E-state index is -0.822. The second-order valence-electron chi connectivity index (χ2n) is 7.92. The van der Waals surface area contributed by atoms with Crippen molar-refractivity contribution in [3.8, 4) is 0 Å². The number of esters is 1. The number of rotatable bonds is 4. The van der Waals surface area contributed by atoms with Gasteiger partial charge < -0.3 is 9.84 Å². The number of aryl methyl sites for hydroxylation is 2. The topological polar surface area (TPSA) is 83.9 Å². The van der Waals surface area contributed by atoms with Crippen molar-refractivity contribution in [1.29, 1.82) is 0 Å². The van der Waals surface area contributed by atoms with E-state index in [0.717, 1.165) is 11.1 Å². The summed E-state index contributed by atoms with van der Waals surface area (Å²) in [5.41, 5.74) is 3.94. The number of aliphatic hydroxyl groups excluding tert-OH is 1. The van der Waals surface area contributed by atoms with Crippen LogP contribution in [0.25, 0.3) is 5.76 Å². The first kappa shape index (κ1) is 22.0. The number of hydrogen-bond donors (Lipinski definition) is 1. The molecule has 0 aliphatic carbocycles. The smallest absolute Gasteiger partial charge is 0.337 e. The Bertz CT molecular complexity index is 1280. The third-order valence-electron chi connectivity index (χ3n) is 5.91. The molecule has 3 aromatic rings. The number of nitrogens with zero attached hydrogens (tertiary/aromatic N) is 1. The summed E-state index contributed by atoms with van der Waals surface area (Å²) in [6.45, 7) is 3.88. The van der Waals surface area contributed by atoms with Crippen LogP contribution in [0.4, 0.5) is 5.69 Å². The number of methoxy groups -OCH3 is 1. The Kier molecular flexibility index (Phi) is 5.84. The molecule has 0 radical (unpaired) electrons. The number of ketones is 1. The highest BCUT2D eigenvalue weighted by molar-refractivity contribution is 6.51. The van der Waals surface area contributed by atoms with E-state index in [1.54, 1.807) is 36.4 Å². The largest absolute Gasteiger partial charge is 0.507 e. The highest BCUT2D eigenvalue weighted by Crippen LogP contribution is 2.42. The summed E-state index contributed by atoms with van der Waals surface area (Å²) in [4.78, 5) is 39.5. The Hall–Kier alpha value is -4.19. The molecule has 1 saturated heterocycles. The van der Waals surface area contributed by atoms with E-state index in [0.29, 0.717) is 22.4 Å². The number of amides is 1. The minimum absolute atomic E-state index is 0.0199. The summed E-state index contributed by atoms with van der Waals surface area (Å²) in [7, 11) is 1.29. The normalized spacial score (nSPS) is 17.3. The van der Waals surface area contributed by atoms with Crippen molar-refractivity contribution in [2.75, 3.05) is 12.0 Å². The molecule has 1 unspecified atom stereocenters. The maximum atomic E-state index is 13.2. The molecule has 1 fully saturated rings. The molecule has 1 N–H and O–H groups in total. The molecule has 1 heterocycles. The summed E-state index contributed by atoms with van der Waals surface area (Å²) in [6.07, 6.45) is 0. The van der Waals surface area contributed by atoms with Crippen molar-refractivity contribution >= 4 is 29.1 Å². The molecule has 6 heteroatoms. The Morgan fingerprint density at radius 3 is 2.12 bits per heavy atom. The van der Waals surface area contributed by atoms with Crippen molar-refractivity contribution in [3.63, 3.8) is 0 Å². The number of hydrogen-bond acceptors (Lipinski definition) is 5. The van der Waals surface area contributed by atoms with E-state index in [1.807, 2.05) is 38.1 Å². The quantitative estimate of drug-likeness (QED) is 0.274. The molecule has 6 nitrogen and oxygen atoms in total. The van der Waals surface area contributed by atoms with Crippen LogP contribution in [0.5, 0.6) is 0 Å². The average Bonchev–Trinajstić information content (AvgIpc) is 3.11. The van der Waals surface area contributed by atoms with Crippen molar-refractivity contribution in [2.45, 2.75) is 19.9 Å². The molecule has 4 rings (SSSR count). The SMILES string of the molecule is COC(=O)c1ccc(N2C(=O)C(=O)/C(=C(\O)c3ccc(C)c(C)c3)C2c2ccccc2)cc1. The van der Waals surface area contributed by atoms with Gasteiger partial charge in [0.1, 0.15) is 5.76 Å². The molecular formula is C27H23NO5. The fraction of sp³-hybridized carbons (Fsp3) is 0.148. The molecule has 166 valence electrons. The number of benzene rings is 3. The molecule has 1 aliphatic heterocycles. The summed E-state index contributed by atoms with van der Waals surface area (Å²) in [6, 6.07) is 19.9. The first-order valence-corrected chi connectivity index (χ1v) is 10.5. The predicted octanol–water partition coefficient (Wildman–Crippen LogP) is 4.72. The summed E-state index contributed by atoms with van der Waals surface area (Å²) < 4.78 is 4.73. The zero-order valence-corrected chi connectivity index (χ0v) is 18.5. The van der Waals surface area contributed by atoms with Gasteiger partial charge in [-0.15, -0.1) is 0 Å². The lowest BCUT2D eigenvalue weighted by Gasteiger charge is -2.25. The van der Waals surface area contributed by atoms with Crippen LogP contribution < -0.4 is 4.90 Å². The van der Waals surface area contributed by atoms with Gasteiger partial charge >= 0.3 is 5.97 Å². The highest BCUT2D eigenvalue weighted by atomic mass is 16.5. The standard InChI is InChI=1S/C27H23NO5/c1-16-9-10-20(15-17(16)2)24(29)22-23(18-7-5-4-6-8-18)28(26(31)25(22)30)21-13-11-19(12-14-21)27(32)33-3/h4-15,23,29H,1-3H3/b24-22-. The van der Waals surface area contributed by atoms with Crippen LogP contribution in [0.2, 0.25) is 0 Å². The lowest BCUT2D eigenvalue weighted by molar-refractivity contribution is -0.132. The molecule has 0 saturated carbocycles. The summed E-state index contributed by atoms with van der Waals surface area (Å²) in [5.74, 6) is -2.24. The van der Waals surface area contributed by atoms with Gasteiger partial charge in [0.25, 0.3) is 11.7 Å². The zero-order chi connectivity index (χ0) is 23.7. The van der Waals surface area contributed by atoms with Crippen LogP contribution in [0.3, 0.4) is 0 Å². The first-order valence-electron chi connectivity index (χ1n) is 10.5. The van der Waals surface area contributed by atoms with Gasteiger partial charge in [-0.3, -0.25) is 14.5 Å². The van der Waals surface area contributed by atoms with Crippen molar-refractivity contribution in [1.82, 2.24) is 0 Å². The number of Topliss-reactive ketones (excluding diaryl/α,β-unsaturated/α-hetero) is 1. The van der Waals surface area contributed by atoms with Gasteiger partial charge in [0.15, 0.2) is 0 Å². The Labute approximate surface area is 191 Å². The maximum Gasteiger partial charge on any atom is 0.337 e. The number of ether oxygens (including phenoxy) is 1. The number of carbonyl (C=O) groups excluding carboxylic acids is 3. The first-order chi connectivity index (χ1) is 15.8. The van der Waals surface area contributed by atoms with Crippen LogP contribution in [0.1, 0.15) is 38.7 Å². The molecule has 3 aromatic carbocycles. The summed E-state index contributed by atoms with van der Waals surface area (Å²) in [5, 5.41) is 11.2. The van der Waals surface area contributed by atoms with Gasteiger partial charge in [-0.05, 0) is 60.9 Å². The van der Waals surface area contributed by atoms with Crippen LogP contribution in [0.15, 0.2) is 78.4 Å². The fourth-order valence-corrected chi connectivity index (χ4v) is 3.97. The minimum Gasteiger partial charge on any atom is -0.507 e. The Morgan fingerprint density at radius 2 is 1.52 bits per heavy atom. The van der Waals surface area contributed by atoms with Gasteiger partial charge in [-0.2, -0.15) is 0 Å². The molecule has 1 atom stereocenters. The molecule has 33 heavy (non-hydrogen) atoms. The molecular weight excluding hydrogens is 418 g/mol. The van der Waals surface area contributed by atoms with Crippen LogP contribution in [-0.2, 0) is 14.3 Å². The lowest BCUT2D eigenvalue weighted by Crippen LogP contribution is -2.29. The highest BCUT2D eigenvalue weighted by Gasteiger charge is 2.46. The third-order valence-corrected chi connectivity index (χ3v) is 5.91. The molecule has 0 spiro atoms. The van der Waals surface area contributed by atoms with Gasteiger partial charge in [0.05, 0.1) is 24.3 Å². The predicted molar refractivity (Wildman–Crippen MR) is 125 cm³/mol. The van der Waals surface area contributed by atoms with E-state index in [1.165, 1.54) is 24.1 Å². The van der Waals surface area contributed by atoms with E-state index >= 15 is 0 Å². The lowest BCUT2D eigenvalue weighted by atomic mass is 9.94. The average molecular weight is 441 g/mol. The molecule has 1 amide bonds. The van der Waals surface area contributed by atoms with E-state index in [2.05, 4.69) is 0 Å². The van der Waals surface area contributed by atoms with Crippen LogP contribution in [-0.4, -0.2) is 29.9 Å². The van der Waals surface area contributed by atoms with Crippen molar-refractivity contribution in [2.24, 2.45) is 0 Å². The van der Waals surface area contributed by atoms with E-state index in [9.17, 15) is 19.5 Å². The second kappa shape index (κ2) is 8.74. The molecule has 1 aliphatic rings. The molecule has 0 bridgehead atoms. The second-order valence-corrected chi connectivity index (χ2v) is 7.92. The maximum absolute atomic E-state index is 13.2. The van der Waals surface area contributed by atoms with Crippen molar-refractivity contribution in [3.05, 3.63) is 106 Å². The fourth-order valence-electron chi connectivity index (χ4n) is 3.97. The van der Waals surface area contributed by atoms with Gasteiger partial charge in [-0.1, -0.05) is 42.5 Å². The van der Waals surface area contributed by atoms with Gasteiger partial charge in [0, 0.05) is 11.3 Å². The van der Waals surface area contributed by atoms with E-state index in [-0.39, 0.29) is 11.3 Å². The Morgan fingerprint density at radius 1 is 0.879 bits per heavy atom. The third kappa shape index (κ3) is 3.91. The van der Waals surface area contributed by atoms with E-state index in [4.69, 9.17) is 4.74 Å². The monoisotopic (exact) mass is 441 g/mol. The zero-order valence-electron chi connectivity index (χ0n) is 18.5. The van der Waals surface area contributed by atoms with E-state index < -0.39 is 23.7 Å². The van der Waals surface area contributed by atoms with Crippen LogP contribution in [0, 0.1) is 13.8 Å². The summed E-state index contributed by atoms with van der Waals surface area (Å²) >= 11 is 0. The van der Waals surface area contributed by atoms with Crippen molar-refractivity contribution < 1.29 is 24.2 Å². The van der Waals surface area contributed by atoms with Gasteiger partial charge in [-0.25, -0.2) is 4.79 Å². The number of anilines is 1. The number of aliphatic hydroxyl groups is 1. The van der Waals surface area contributed by atoms with Gasteiger partial charge in [0.2, 0.25) is 0 Å². The Balaban J connectivity index is 1.89. The number of carbonyl (C=O) groups is 3.